The lowest BCUT2D eigenvalue weighted by Gasteiger charge is -2.11. The first-order chi connectivity index (χ1) is 5.04. The van der Waals surface area contributed by atoms with E-state index < -0.39 is 0 Å². The van der Waals surface area contributed by atoms with Gasteiger partial charge in [-0.2, -0.15) is 0 Å². The number of aromatic nitrogens is 2. The van der Waals surface area contributed by atoms with Crippen LogP contribution in [0.3, 0.4) is 0 Å². The zero-order valence-corrected chi connectivity index (χ0v) is 7.46. The Bertz CT molecular complexity index is 306. The lowest BCUT2D eigenvalue weighted by Crippen LogP contribution is -2.23. The normalized spacial score (nSPS) is 11.0. The molecule has 0 saturated carbocycles. The third-order valence-electron chi connectivity index (χ3n) is 1.88. The molecule has 62 valence electrons. The van der Waals surface area contributed by atoms with Gasteiger partial charge in [-0.3, -0.25) is 9.48 Å². The Labute approximate surface area is 66.2 Å². The molecule has 1 rings (SSSR count). The average Bonchev–Trinajstić information content (AvgIpc) is 2.07. The summed E-state index contributed by atoms with van der Waals surface area (Å²) in [5, 5.41) is 0. The first kappa shape index (κ1) is 8.11. The maximum absolute atomic E-state index is 11.2. The standard InChI is InChI=1S/C8H14N2O/c1-6(2)10-8(11)5-7(3)9(10)4/h5-6H,1-4H3. The summed E-state index contributed by atoms with van der Waals surface area (Å²) in [6, 6.07) is 1.89. The van der Waals surface area contributed by atoms with Crippen molar-refractivity contribution < 1.29 is 0 Å². The molecule has 0 bridgehead atoms. The zero-order valence-electron chi connectivity index (χ0n) is 7.46. The highest BCUT2D eigenvalue weighted by Crippen LogP contribution is 2.01. The van der Waals surface area contributed by atoms with Crippen molar-refractivity contribution >= 4 is 0 Å². The Morgan fingerprint density at radius 3 is 2.18 bits per heavy atom. The summed E-state index contributed by atoms with van der Waals surface area (Å²) >= 11 is 0. The van der Waals surface area contributed by atoms with Crippen LogP contribution in [-0.2, 0) is 7.05 Å². The fourth-order valence-corrected chi connectivity index (χ4v) is 1.26. The minimum Gasteiger partial charge on any atom is -0.290 e. The molecular formula is C8H14N2O. The highest BCUT2D eigenvalue weighted by molar-refractivity contribution is 4.99. The van der Waals surface area contributed by atoms with Crippen LogP contribution in [0.5, 0.6) is 0 Å². The van der Waals surface area contributed by atoms with Gasteiger partial charge in [0.1, 0.15) is 0 Å². The van der Waals surface area contributed by atoms with Gasteiger partial charge in [-0.05, 0) is 20.8 Å². The summed E-state index contributed by atoms with van der Waals surface area (Å²) in [5.74, 6) is 0. The monoisotopic (exact) mass is 154 g/mol. The molecule has 0 spiro atoms. The minimum atomic E-state index is 0.0833. The quantitative estimate of drug-likeness (QED) is 0.594. The summed E-state index contributed by atoms with van der Waals surface area (Å²) in [6.07, 6.45) is 0. The van der Waals surface area contributed by atoms with E-state index in [-0.39, 0.29) is 11.6 Å². The summed E-state index contributed by atoms with van der Waals surface area (Å²) in [7, 11) is 1.90. The largest absolute Gasteiger partial charge is 0.290 e. The van der Waals surface area contributed by atoms with Gasteiger partial charge in [-0.15, -0.1) is 0 Å². The third kappa shape index (κ3) is 1.23. The highest BCUT2D eigenvalue weighted by atomic mass is 16.1. The fourth-order valence-electron chi connectivity index (χ4n) is 1.26. The molecule has 3 heteroatoms. The molecule has 1 heterocycles. The molecule has 0 radical (unpaired) electrons. The molecule has 3 nitrogen and oxygen atoms in total. The maximum Gasteiger partial charge on any atom is 0.267 e. The second-order valence-electron chi connectivity index (χ2n) is 3.09. The maximum atomic E-state index is 11.2. The van der Waals surface area contributed by atoms with Gasteiger partial charge >= 0.3 is 0 Å². The Morgan fingerprint density at radius 1 is 1.45 bits per heavy atom. The molecule has 0 N–H and O–H groups in total. The van der Waals surface area contributed by atoms with E-state index in [0.717, 1.165) is 5.69 Å². The lowest BCUT2D eigenvalue weighted by molar-refractivity contribution is 0.432. The molecule has 0 amide bonds. The molecule has 0 aliphatic rings. The molecule has 0 atom stereocenters. The topological polar surface area (TPSA) is 26.9 Å². The Kier molecular flexibility index (Phi) is 1.89. The van der Waals surface area contributed by atoms with Crippen molar-refractivity contribution in [1.82, 2.24) is 9.36 Å². The first-order valence-electron chi connectivity index (χ1n) is 3.79. The van der Waals surface area contributed by atoms with Gasteiger partial charge in [0, 0.05) is 24.8 Å². The van der Waals surface area contributed by atoms with Gasteiger partial charge < -0.3 is 0 Å². The van der Waals surface area contributed by atoms with Crippen LogP contribution in [0.4, 0.5) is 0 Å². The number of hydrogen-bond acceptors (Lipinski definition) is 1. The molecule has 0 aromatic carbocycles. The van der Waals surface area contributed by atoms with Crippen LogP contribution < -0.4 is 5.56 Å². The third-order valence-corrected chi connectivity index (χ3v) is 1.88. The Hall–Kier alpha value is -0.990. The molecule has 11 heavy (non-hydrogen) atoms. The van der Waals surface area contributed by atoms with Crippen LogP contribution in [0.1, 0.15) is 25.6 Å². The van der Waals surface area contributed by atoms with Crippen molar-refractivity contribution in [2.24, 2.45) is 7.05 Å². The second-order valence-corrected chi connectivity index (χ2v) is 3.09. The van der Waals surface area contributed by atoms with Crippen LogP contribution in [0, 0.1) is 6.92 Å². The van der Waals surface area contributed by atoms with Crippen molar-refractivity contribution in [3.63, 3.8) is 0 Å². The molecule has 0 saturated heterocycles. The molecular weight excluding hydrogens is 140 g/mol. The van der Waals surface area contributed by atoms with Gasteiger partial charge in [0.25, 0.3) is 5.56 Å². The van der Waals surface area contributed by atoms with Crippen LogP contribution in [-0.4, -0.2) is 9.36 Å². The van der Waals surface area contributed by atoms with Crippen LogP contribution in [0.2, 0.25) is 0 Å². The van der Waals surface area contributed by atoms with Crippen LogP contribution >= 0.6 is 0 Å². The number of aryl methyl sites for hydroxylation is 1. The lowest BCUT2D eigenvalue weighted by atomic mass is 10.4. The van der Waals surface area contributed by atoms with E-state index in [1.807, 2.05) is 32.5 Å². The van der Waals surface area contributed by atoms with Gasteiger partial charge in [0.15, 0.2) is 0 Å². The Balaban J connectivity index is 3.34. The van der Waals surface area contributed by atoms with Crippen molar-refractivity contribution in [3.8, 4) is 0 Å². The molecule has 0 unspecified atom stereocenters. The summed E-state index contributed by atoms with van der Waals surface area (Å²) < 4.78 is 3.61. The summed E-state index contributed by atoms with van der Waals surface area (Å²) in [4.78, 5) is 11.2. The van der Waals surface area contributed by atoms with Crippen molar-refractivity contribution in [3.05, 3.63) is 22.1 Å². The van der Waals surface area contributed by atoms with Crippen molar-refractivity contribution in [1.29, 1.82) is 0 Å². The van der Waals surface area contributed by atoms with E-state index in [1.54, 1.807) is 10.7 Å². The van der Waals surface area contributed by atoms with Crippen LogP contribution in [0.25, 0.3) is 0 Å². The SMILES string of the molecule is Cc1cc(=O)n(C(C)C)n1C. The van der Waals surface area contributed by atoms with Crippen molar-refractivity contribution in [2.75, 3.05) is 0 Å². The van der Waals surface area contributed by atoms with Gasteiger partial charge in [0.2, 0.25) is 0 Å². The predicted octanol–water partition coefficient (Wildman–Crippen LogP) is 1.08. The highest BCUT2D eigenvalue weighted by Gasteiger charge is 2.06. The fraction of sp³-hybridized carbons (Fsp3) is 0.625. The van der Waals surface area contributed by atoms with Gasteiger partial charge in [0.05, 0.1) is 0 Å². The smallest absolute Gasteiger partial charge is 0.267 e. The summed E-state index contributed by atoms with van der Waals surface area (Å²) in [6.45, 7) is 5.93. The number of hydrogen-bond donors (Lipinski definition) is 0. The van der Waals surface area contributed by atoms with E-state index in [4.69, 9.17) is 0 Å². The van der Waals surface area contributed by atoms with E-state index in [2.05, 4.69) is 0 Å². The Morgan fingerprint density at radius 2 is 2.00 bits per heavy atom. The predicted molar refractivity (Wildman–Crippen MR) is 44.8 cm³/mol. The second kappa shape index (κ2) is 2.57. The summed E-state index contributed by atoms with van der Waals surface area (Å²) in [5.41, 5.74) is 1.09. The average molecular weight is 154 g/mol. The van der Waals surface area contributed by atoms with Gasteiger partial charge in [-0.1, -0.05) is 0 Å². The molecule has 0 fully saturated rings. The minimum absolute atomic E-state index is 0.0833. The molecule has 0 aliphatic heterocycles. The molecule has 0 aliphatic carbocycles. The van der Waals surface area contributed by atoms with Crippen LogP contribution in [0.15, 0.2) is 10.9 Å². The first-order valence-corrected chi connectivity index (χ1v) is 3.79. The van der Waals surface area contributed by atoms with Crippen molar-refractivity contribution in [2.45, 2.75) is 26.8 Å². The van der Waals surface area contributed by atoms with E-state index in [0.29, 0.717) is 0 Å². The van der Waals surface area contributed by atoms with E-state index in [1.165, 1.54) is 0 Å². The molecule has 1 aromatic rings. The zero-order chi connectivity index (χ0) is 8.59. The van der Waals surface area contributed by atoms with E-state index >= 15 is 0 Å². The number of rotatable bonds is 1. The van der Waals surface area contributed by atoms with Gasteiger partial charge in [-0.25, -0.2) is 4.68 Å². The van der Waals surface area contributed by atoms with E-state index in [9.17, 15) is 4.79 Å². The number of nitrogens with zero attached hydrogens (tertiary/aromatic N) is 2. The molecule has 1 aromatic heterocycles.